The molecule has 4 heterocycles. The number of esters is 1. The molecule has 7 rings (SSSR count). The molecule has 1 unspecified atom stereocenters. The van der Waals surface area contributed by atoms with Crippen LogP contribution in [0.15, 0.2) is 76.3 Å². The number of aryl methyl sites for hydroxylation is 1. The highest BCUT2D eigenvalue weighted by molar-refractivity contribution is 8.02. The topological polar surface area (TPSA) is 235 Å². The van der Waals surface area contributed by atoms with Crippen molar-refractivity contribution >= 4 is 89.8 Å². The Morgan fingerprint density at radius 3 is 2.08 bits per heavy atom. The molecule has 20 nitrogen and oxygen atoms in total. The number of fused-ring (bicyclic) bond motifs is 1. The number of halogens is 1. The third-order valence-electron chi connectivity index (χ3n) is 11.4. The number of hydrogen-bond donors (Lipinski definition) is 1. The van der Waals surface area contributed by atoms with Gasteiger partial charge in [-0.05, 0) is 89.1 Å². The normalized spacial score (nSPS) is 19.1. The number of thiazole rings is 1. The second-order valence-electron chi connectivity index (χ2n) is 18.0. The minimum atomic E-state index is -1.94. The Labute approximate surface area is 428 Å². The van der Waals surface area contributed by atoms with Gasteiger partial charge in [-0.25, -0.2) is 24.4 Å². The van der Waals surface area contributed by atoms with Crippen molar-refractivity contribution < 1.29 is 67.1 Å². The maximum atomic E-state index is 14.3. The van der Waals surface area contributed by atoms with Gasteiger partial charge in [0.15, 0.2) is 28.7 Å². The van der Waals surface area contributed by atoms with Crippen LogP contribution in [0.1, 0.15) is 68.4 Å². The van der Waals surface area contributed by atoms with E-state index in [0.717, 1.165) is 32.8 Å². The summed E-state index contributed by atoms with van der Waals surface area (Å²) in [5.74, 6) is -4.11. The Kier molecular flexibility index (Phi) is 15.8. The Morgan fingerprint density at radius 2 is 1.53 bits per heavy atom. The van der Waals surface area contributed by atoms with E-state index in [4.69, 9.17) is 52.8 Å². The number of rotatable bonds is 20. The number of carbonyl (C=O) groups is 6. The number of ether oxygens (including phenoxy) is 5. The second-order valence-corrected chi connectivity index (χ2v) is 20.9. The second kappa shape index (κ2) is 21.5. The fourth-order valence-corrected chi connectivity index (χ4v) is 10.3. The van der Waals surface area contributed by atoms with Crippen molar-refractivity contribution in [3.8, 4) is 23.0 Å². The van der Waals surface area contributed by atoms with Crippen molar-refractivity contribution in [1.82, 2.24) is 19.8 Å². The van der Waals surface area contributed by atoms with Crippen LogP contribution in [0.2, 0.25) is 5.02 Å². The SMILES string of the molecule is [B]OC(=O)[C@@]1(N2CCN(N=C(C(=O)O)c3ccc(OCc4ccc(OC)cc4)c(OCc4ccc(OC)cc4)c3Cl)C2=O)CN2C(=O)C(CC(=O)/C(=N\OC(C)(C)C(=O)OC(C)(C)C)c3csc(C)n3)[C@H]2S1. The molecule has 3 aliphatic rings. The Balaban J connectivity index is 1.12. The number of oxime groups is 1. The summed E-state index contributed by atoms with van der Waals surface area (Å²) in [6.07, 6.45) is -0.420. The van der Waals surface area contributed by atoms with Gasteiger partial charge in [0.25, 0.3) is 0 Å². The number of carboxylic acid groups (broad SMARTS) is 1. The van der Waals surface area contributed by atoms with Crippen LogP contribution in [-0.4, -0.2) is 135 Å². The smallest absolute Gasteiger partial charge is 0.378 e. The highest BCUT2D eigenvalue weighted by atomic mass is 35.5. The predicted molar refractivity (Wildman–Crippen MR) is 264 cm³/mol. The average Bonchev–Trinajstić information content (AvgIpc) is 4.06. The third-order valence-corrected chi connectivity index (χ3v) is 14.3. The van der Waals surface area contributed by atoms with Crippen LogP contribution in [0.3, 0.4) is 0 Å². The molecule has 0 spiro atoms. The average molecular weight is 1050 g/mol. The molecular formula is C48H50BClN6O14S2. The summed E-state index contributed by atoms with van der Waals surface area (Å²) < 4.78 is 33.0. The van der Waals surface area contributed by atoms with Crippen LogP contribution in [-0.2, 0) is 51.4 Å². The van der Waals surface area contributed by atoms with Crippen LogP contribution in [0.4, 0.5) is 4.79 Å². The Morgan fingerprint density at radius 1 is 0.903 bits per heavy atom. The van der Waals surface area contributed by atoms with Gasteiger partial charge in [-0.3, -0.25) is 19.3 Å². The number of aliphatic carboxylic acids is 1. The van der Waals surface area contributed by atoms with E-state index in [9.17, 15) is 33.9 Å². The Hall–Kier alpha value is -6.85. The van der Waals surface area contributed by atoms with Gasteiger partial charge in [-0.15, -0.1) is 11.3 Å². The van der Waals surface area contributed by atoms with Gasteiger partial charge in [-0.2, -0.15) is 5.10 Å². The molecule has 3 aliphatic heterocycles. The highest BCUT2D eigenvalue weighted by Gasteiger charge is 2.66. The van der Waals surface area contributed by atoms with E-state index >= 15 is 0 Å². The van der Waals surface area contributed by atoms with Gasteiger partial charge in [0.05, 0.1) is 48.6 Å². The lowest BCUT2D eigenvalue weighted by Crippen LogP contribution is -2.59. The van der Waals surface area contributed by atoms with Crippen LogP contribution in [0, 0.1) is 12.8 Å². The first-order valence-corrected chi connectivity index (χ1v) is 24.3. The summed E-state index contributed by atoms with van der Waals surface area (Å²) in [5.41, 5.74) is -1.82. The molecule has 72 heavy (non-hydrogen) atoms. The van der Waals surface area contributed by atoms with Crippen LogP contribution in [0.5, 0.6) is 23.0 Å². The number of thioether (sulfide) groups is 1. The van der Waals surface area contributed by atoms with Crippen LogP contribution >= 0.6 is 34.7 Å². The molecule has 3 fully saturated rings. The summed E-state index contributed by atoms with van der Waals surface area (Å²) >= 11 is 9.09. The largest absolute Gasteiger partial charge is 0.541 e. The van der Waals surface area contributed by atoms with E-state index in [1.54, 1.807) is 83.7 Å². The molecule has 3 aromatic carbocycles. The standard InChI is InChI=1S/C48H50BClN6O14S2/c1-26-51-33(24-71-26)38(53-70-47(5,6)43(61)68-46(2,3)4)34(57)21-32-40(58)54-25-48(44(62)69-49,72-41(32)54)55-19-20-56(45(55)63)52-37(42(59)60)31-17-18-35(66-22-27-9-13-29(64-7)14-10-27)39(36(31)50)67-23-28-11-15-30(65-8)16-12-28/h9-18,24,32,41H,19-23,25H2,1-8H3,(H,59,60)/b52-37?,53-38-/t32?,41-,48-/m1/s1. The fraction of sp³-hybridized carbons (Fsp3) is 0.396. The summed E-state index contributed by atoms with van der Waals surface area (Å²) in [6.45, 7) is 8.93. The van der Waals surface area contributed by atoms with E-state index in [1.807, 2.05) is 12.1 Å². The molecule has 0 aliphatic carbocycles. The van der Waals surface area contributed by atoms with E-state index in [0.29, 0.717) is 16.5 Å². The van der Waals surface area contributed by atoms with Gasteiger partial charge >= 0.3 is 32.0 Å². The van der Waals surface area contributed by atoms with Gasteiger partial charge in [0, 0.05) is 23.9 Å². The lowest BCUT2D eigenvalue weighted by atomic mass is 9.90. The van der Waals surface area contributed by atoms with E-state index in [1.165, 1.54) is 42.2 Å². The number of β-lactam (4-membered cyclic amide) rings is 1. The van der Waals surface area contributed by atoms with Gasteiger partial charge in [-0.1, -0.05) is 52.8 Å². The molecule has 3 amide bonds. The lowest BCUT2D eigenvalue weighted by Gasteiger charge is -2.40. The van der Waals surface area contributed by atoms with Gasteiger partial charge < -0.3 is 43.2 Å². The molecule has 1 aromatic heterocycles. The molecule has 0 saturated carbocycles. The summed E-state index contributed by atoms with van der Waals surface area (Å²) in [5, 5.41) is 20.9. The van der Waals surface area contributed by atoms with Crippen molar-refractivity contribution in [2.45, 2.75) is 82.6 Å². The molecule has 0 bridgehead atoms. The number of benzene rings is 3. The number of carbonyl (C=O) groups excluding carboxylic acids is 5. The number of Topliss-reactive ketones (excluding diaryl/α,β-unsaturated/α-hetero) is 1. The first kappa shape index (κ1) is 53.0. The quantitative estimate of drug-likeness (QED) is 0.0343. The number of hydrazone groups is 1. The van der Waals surface area contributed by atoms with Crippen molar-refractivity contribution in [2.24, 2.45) is 16.2 Å². The molecule has 24 heteroatoms. The van der Waals surface area contributed by atoms with E-state index < -0.39 is 75.1 Å². The number of carboxylic acids is 1. The third kappa shape index (κ3) is 11.3. The molecule has 2 radical (unpaired) electrons. The van der Waals surface area contributed by atoms with Crippen molar-refractivity contribution in [2.75, 3.05) is 33.9 Å². The number of nitrogens with zero attached hydrogens (tertiary/aromatic N) is 6. The zero-order valence-electron chi connectivity index (χ0n) is 40.5. The molecule has 3 saturated heterocycles. The van der Waals surface area contributed by atoms with Crippen LogP contribution in [0.25, 0.3) is 0 Å². The first-order valence-electron chi connectivity index (χ1n) is 22.2. The lowest BCUT2D eigenvalue weighted by molar-refractivity contribution is -0.179. The van der Waals surface area contributed by atoms with Crippen molar-refractivity contribution in [3.63, 3.8) is 0 Å². The first-order chi connectivity index (χ1) is 34.1. The van der Waals surface area contributed by atoms with Gasteiger partial charge in [0.1, 0.15) is 36.0 Å². The number of ketones is 1. The minimum Gasteiger partial charge on any atom is -0.541 e. The zero-order chi connectivity index (χ0) is 52.3. The molecule has 4 aromatic rings. The van der Waals surface area contributed by atoms with Crippen molar-refractivity contribution in [1.29, 1.82) is 0 Å². The predicted octanol–water partition coefficient (Wildman–Crippen LogP) is 6.16. The van der Waals surface area contributed by atoms with Gasteiger partial charge in [0.2, 0.25) is 16.4 Å². The summed E-state index contributed by atoms with van der Waals surface area (Å²) in [4.78, 5) is 92.3. The fourth-order valence-electron chi connectivity index (χ4n) is 7.65. The number of aromatic nitrogens is 1. The maximum absolute atomic E-state index is 14.3. The number of urea groups is 1. The summed E-state index contributed by atoms with van der Waals surface area (Å²) in [7, 11) is 8.56. The minimum absolute atomic E-state index is 0.00620. The van der Waals surface area contributed by atoms with Crippen molar-refractivity contribution in [3.05, 3.63) is 98.5 Å². The highest BCUT2D eigenvalue weighted by Crippen LogP contribution is 2.53. The van der Waals surface area contributed by atoms with E-state index in [-0.39, 0.29) is 66.3 Å². The monoisotopic (exact) mass is 1040 g/mol. The Bertz CT molecular complexity index is 2820. The number of methoxy groups -OCH3 is 2. The number of hydrogen-bond acceptors (Lipinski definition) is 18. The molecule has 378 valence electrons. The zero-order valence-corrected chi connectivity index (χ0v) is 42.8. The molecular weight excluding hydrogens is 995 g/mol. The van der Waals surface area contributed by atoms with Crippen LogP contribution < -0.4 is 18.9 Å². The molecule has 3 atom stereocenters. The van der Waals surface area contributed by atoms with E-state index in [2.05, 4.69) is 15.2 Å². The summed E-state index contributed by atoms with van der Waals surface area (Å²) in [6, 6.07) is 16.1. The molecule has 1 N–H and O–H groups in total. The maximum Gasteiger partial charge on any atom is 0.378 e. The number of amides is 3.